The summed E-state index contributed by atoms with van der Waals surface area (Å²) >= 11 is 3.64. The fourth-order valence-electron chi connectivity index (χ4n) is 3.05. The lowest BCUT2D eigenvalue weighted by Crippen LogP contribution is -2.36. The van der Waals surface area contributed by atoms with Gasteiger partial charge in [-0.05, 0) is 59.5 Å². The first-order chi connectivity index (χ1) is 10.1. The summed E-state index contributed by atoms with van der Waals surface area (Å²) in [7, 11) is 0. The number of nitrogens with zero attached hydrogens (tertiary/aromatic N) is 1. The van der Waals surface area contributed by atoms with Gasteiger partial charge in [0.15, 0.2) is 0 Å². The average molecular weight is 352 g/mol. The lowest BCUT2D eigenvalue weighted by Gasteiger charge is -2.36. The highest BCUT2D eigenvalue weighted by atomic mass is 79.9. The second-order valence-electron chi connectivity index (χ2n) is 5.46. The summed E-state index contributed by atoms with van der Waals surface area (Å²) in [5.74, 6) is -0.924. The molecule has 3 nitrogen and oxygen atoms in total. The van der Waals surface area contributed by atoms with E-state index in [1.54, 1.807) is 6.08 Å². The minimum Gasteiger partial charge on any atom is -0.478 e. The number of benzene rings is 1. The van der Waals surface area contributed by atoms with Gasteiger partial charge in [-0.15, -0.1) is 0 Å². The van der Waals surface area contributed by atoms with Crippen LogP contribution in [0.25, 0.3) is 6.08 Å². The van der Waals surface area contributed by atoms with Gasteiger partial charge in [-0.1, -0.05) is 25.3 Å². The first-order valence-electron chi connectivity index (χ1n) is 7.59. The van der Waals surface area contributed by atoms with Gasteiger partial charge in [0.05, 0.1) is 5.69 Å². The third-order valence-electron chi connectivity index (χ3n) is 4.06. The summed E-state index contributed by atoms with van der Waals surface area (Å²) in [6, 6.07) is 6.68. The average Bonchev–Trinajstić information content (AvgIpc) is 2.49. The zero-order chi connectivity index (χ0) is 15.2. The number of hydrogen-bond acceptors (Lipinski definition) is 2. The predicted molar refractivity (Wildman–Crippen MR) is 90.7 cm³/mol. The second kappa shape index (κ2) is 7.64. The molecular formula is C17H22BrNO2. The van der Waals surface area contributed by atoms with Crippen molar-refractivity contribution in [1.82, 2.24) is 0 Å². The van der Waals surface area contributed by atoms with Crippen LogP contribution in [0.1, 0.15) is 44.6 Å². The highest BCUT2D eigenvalue weighted by Crippen LogP contribution is 2.33. The zero-order valence-electron chi connectivity index (χ0n) is 12.4. The molecule has 0 atom stereocenters. The van der Waals surface area contributed by atoms with E-state index in [0.29, 0.717) is 6.04 Å². The molecule has 1 saturated carbocycles. The molecule has 114 valence electrons. The highest BCUT2D eigenvalue weighted by molar-refractivity contribution is 9.10. The van der Waals surface area contributed by atoms with Crippen LogP contribution in [0.4, 0.5) is 5.69 Å². The summed E-state index contributed by atoms with van der Waals surface area (Å²) < 4.78 is 1.03. The second-order valence-corrected chi connectivity index (χ2v) is 6.31. The molecule has 0 radical (unpaired) electrons. The molecule has 1 N–H and O–H groups in total. The first-order valence-corrected chi connectivity index (χ1v) is 8.38. The van der Waals surface area contributed by atoms with E-state index in [4.69, 9.17) is 5.11 Å². The summed E-state index contributed by atoms with van der Waals surface area (Å²) in [5.41, 5.74) is 2.10. The van der Waals surface area contributed by atoms with E-state index in [1.807, 2.05) is 12.1 Å². The van der Waals surface area contributed by atoms with Gasteiger partial charge in [-0.25, -0.2) is 4.79 Å². The number of hydrogen-bond donors (Lipinski definition) is 1. The zero-order valence-corrected chi connectivity index (χ0v) is 14.0. The Bertz CT molecular complexity index is 522. The molecule has 0 amide bonds. The SMILES string of the molecule is CCN(c1ccc(/C=C/C(=O)O)cc1Br)C1CCCCC1. The number of aliphatic carboxylic acids is 1. The maximum Gasteiger partial charge on any atom is 0.328 e. The molecule has 0 heterocycles. The number of anilines is 1. The van der Waals surface area contributed by atoms with E-state index in [2.05, 4.69) is 33.8 Å². The Kier molecular flexibility index (Phi) is 5.85. The van der Waals surface area contributed by atoms with E-state index in [0.717, 1.165) is 16.6 Å². The van der Waals surface area contributed by atoms with Crippen molar-refractivity contribution in [2.24, 2.45) is 0 Å². The Morgan fingerprint density at radius 3 is 2.67 bits per heavy atom. The molecule has 0 spiro atoms. The molecule has 1 aliphatic carbocycles. The van der Waals surface area contributed by atoms with Crippen LogP contribution in [0.15, 0.2) is 28.7 Å². The number of carboxylic acids is 1. The van der Waals surface area contributed by atoms with Crippen molar-refractivity contribution >= 4 is 33.7 Å². The van der Waals surface area contributed by atoms with Gasteiger partial charge < -0.3 is 10.0 Å². The van der Waals surface area contributed by atoms with Gasteiger partial charge in [0, 0.05) is 23.1 Å². The Hall–Kier alpha value is -1.29. The van der Waals surface area contributed by atoms with Crippen LogP contribution in [0, 0.1) is 0 Å². The summed E-state index contributed by atoms with van der Waals surface area (Å²) in [6.45, 7) is 3.19. The smallest absolute Gasteiger partial charge is 0.328 e. The van der Waals surface area contributed by atoms with Gasteiger partial charge in [-0.3, -0.25) is 0 Å². The maximum absolute atomic E-state index is 10.6. The van der Waals surface area contributed by atoms with Crippen molar-refractivity contribution in [2.75, 3.05) is 11.4 Å². The number of rotatable bonds is 5. The van der Waals surface area contributed by atoms with Crippen LogP contribution in [-0.2, 0) is 4.79 Å². The van der Waals surface area contributed by atoms with Gasteiger partial charge in [0.1, 0.15) is 0 Å². The molecule has 0 aliphatic heterocycles. The number of carboxylic acid groups (broad SMARTS) is 1. The maximum atomic E-state index is 10.6. The molecular weight excluding hydrogens is 330 g/mol. The lowest BCUT2D eigenvalue weighted by molar-refractivity contribution is -0.131. The van der Waals surface area contributed by atoms with Crippen molar-refractivity contribution in [3.63, 3.8) is 0 Å². The molecule has 0 aromatic heterocycles. The van der Waals surface area contributed by atoms with Crippen molar-refractivity contribution in [2.45, 2.75) is 45.1 Å². The molecule has 1 fully saturated rings. The fourth-order valence-corrected chi connectivity index (χ4v) is 3.67. The van der Waals surface area contributed by atoms with Crippen LogP contribution in [-0.4, -0.2) is 23.7 Å². The minimum absolute atomic E-state index is 0.625. The topological polar surface area (TPSA) is 40.5 Å². The van der Waals surface area contributed by atoms with Gasteiger partial charge in [-0.2, -0.15) is 0 Å². The molecule has 4 heteroatoms. The molecule has 1 aromatic rings. The molecule has 1 aromatic carbocycles. The largest absolute Gasteiger partial charge is 0.478 e. The van der Waals surface area contributed by atoms with E-state index in [1.165, 1.54) is 43.9 Å². The molecule has 0 saturated heterocycles. The van der Waals surface area contributed by atoms with Crippen LogP contribution in [0.2, 0.25) is 0 Å². The van der Waals surface area contributed by atoms with Crippen molar-refractivity contribution in [1.29, 1.82) is 0 Å². The molecule has 21 heavy (non-hydrogen) atoms. The van der Waals surface area contributed by atoms with Crippen LogP contribution >= 0.6 is 15.9 Å². The summed E-state index contributed by atoms with van der Waals surface area (Å²) in [4.78, 5) is 13.0. The van der Waals surface area contributed by atoms with Crippen LogP contribution in [0.5, 0.6) is 0 Å². The lowest BCUT2D eigenvalue weighted by atomic mass is 9.93. The Morgan fingerprint density at radius 1 is 1.38 bits per heavy atom. The van der Waals surface area contributed by atoms with Crippen molar-refractivity contribution < 1.29 is 9.90 Å². The molecule has 1 aliphatic rings. The fraction of sp³-hybridized carbons (Fsp3) is 0.471. The van der Waals surface area contributed by atoms with Gasteiger partial charge >= 0.3 is 5.97 Å². The first kappa shape index (κ1) is 16.1. The predicted octanol–water partition coefficient (Wildman–Crippen LogP) is 4.71. The molecule has 2 rings (SSSR count). The minimum atomic E-state index is -0.924. The van der Waals surface area contributed by atoms with Gasteiger partial charge in [0.2, 0.25) is 0 Å². The normalized spacial score (nSPS) is 16.3. The monoisotopic (exact) mass is 351 g/mol. The Morgan fingerprint density at radius 2 is 2.10 bits per heavy atom. The molecule has 0 bridgehead atoms. The summed E-state index contributed by atoms with van der Waals surface area (Å²) in [5, 5.41) is 8.69. The van der Waals surface area contributed by atoms with Gasteiger partial charge in [0.25, 0.3) is 0 Å². The quantitative estimate of drug-likeness (QED) is 0.781. The number of halogens is 1. The molecule has 0 unspecified atom stereocenters. The highest BCUT2D eigenvalue weighted by Gasteiger charge is 2.21. The number of carbonyl (C=O) groups is 1. The van der Waals surface area contributed by atoms with E-state index >= 15 is 0 Å². The summed E-state index contributed by atoms with van der Waals surface area (Å²) in [6.07, 6.45) is 9.31. The third kappa shape index (κ3) is 4.34. The standard InChI is InChI=1S/C17H22BrNO2/c1-2-19(14-6-4-3-5-7-14)16-10-8-13(12-15(16)18)9-11-17(20)21/h8-12,14H,2-7H2,1H3,(H,20,21)/b11-9+. The van der Waals surface area contributed by atoms with Crippen LogP contribution < -0.4 is 4.90 Å². The van der Waals surface area contributed by atoms with Crippen LogP contribution in [0.3, 0.4) is 0 Å². The van der Waals surface area contributed by atoms with Crippen molar-refractivity contribution in [3.05, 3.63) is 34.3 Å². The Labute approximate surface area is 134 Å². The van der Waals surface area contributed by atoms with Crippen molar-refractivity contribution in [3.8, 4) is 0 Å². The van der Waals surface area contributed by atoms with E-state index < -0.39 is 5.97 Å². The third-order valence-corrected chi connectivity index (χ3v) is 4.69. The van der Waals surface area contributed by atoms with E-state index in [-0.39, 0.29) is 0 Å². The Balaban J connectivity index is 2.19. The van der Waals surface area contributed by atoms with E-state index in [9.17, 15) is 4.79 Å².